The van der Waals surface area contributed by atoms with E-state index in [9.17, 15) is 14.4 Å². The minimum absolute atomic E-state index is 0.00439. The van der Waals surface area contributed by atoms with Crippen LogP contribution in [0.1, 0.15) is 63.9 Å². The average Bonchev–Trinajstić information content (AvgIpc) is 2.88. The number of hydrogen-bond acceptors (Lipinski definition) is 3. The van der Waals surface area contributed by atoms with Gasteiger partial charge in [-0.05, 0) is 75.6 Å². The fourth-order valence-corrected chi connectivity index (χ4v) is 5.04. The van der Waals surface area contributed by atoms with Crippen molar-refractivity contribution in [2.75, 3.05) is 26.2 Å². The number of nitrogens with zero attached hydrogens (tertiary/aromatic N) is 2. The van der Waals surface area contributed by atoms with Crippen LogP contribution in [0.5, 0.6) is 0 Å². The van der Waals surface area contributed by atoms with Gasteiger partial charge in [0, 0.05) is 37.3 Å². The van der Waals surface area contributed by atoms with Crippen molar-refractivity contribution in [1.29, 1.82) is 0 Å². The summed E-state index contributed by atoms with van der Waals surface area (Å²) in [6.45, 7) is 6.61. The lowest BCUT2D eigenvalue weighted by Gasteiger charge is -2.38. The lowest BCUT2D eigenvalue weighted by Crippen LogP contribution is -2.55. The number of rotatable bonds is 5. The summed E-state index contributed by atoms with van der Waals surface area (Å²) in [5.41, 5.74) is 3.35. The zero-order valence-corrected chi connectivity index (χ0v) is 20.3. The van der Waals surface area contributed by atoms with E-state index in [0.29, 0.717) is 31.5 Å². The predicted molar refractivity (Wildman–Crippen MR) is 133 cm³/mol. The number of benzene rings is 2. The zero-order chi connectivity index (χ0) is 24.1. The quantitative estimate of drug-likeness (QED) is 0.733. The molecule has 2 heterocycles. The summed E-state index contributed by atoms with van der Waals surface area (Å²) in [6, 6.07) is 14.5. The lowest BCUT2D eigenvalue weighted by molar-refractivity contribution is -0.136. The molecule has 0 spiro atoms. The van der Waals surface area contributed by atoms with Crippen molar-refractivity contribution < 1.29 is 14.4 Å². The molecular weight excluding hydrogens is 426 g/mol. The molecule has 2 aliphatic rings. The van der Waals surface area contributed by atoms with Crippen LogP contribution in [-0.4, -0.2) is 59.7 Å². The highest BCUT2D eigenvalue weighted by Gasteiger charge is 2.36. The summed E-state index contributed by atoms with van der Waals surface area (Å²) < 4.78 is 0. The second-order valence-corrected chi connectivity index (χ2v) is 9.65. The van der Waals surface area contributed by atoms with Gasteiger partial charge in [-0.2, -0.15) is 0 Å². The molecule has 4 rings (SSSR count). The Morgan fingerprint density at radius 2 is 1.47 bits per heavy atom. The largest absolute Gasteiger partial charge is 0.341 e. The van der Waals surface area contributed by atoms with Gasteiger partial charge in [-0.1, -0.05) is 35.9 Å². The van der Waals surface area contributed by atoms with Gasteiger partial charge in [0.1, 0.15) is 6.04 Å². The van der Waals surface area contributed by atoms with Crippen molar-refractivity contribution in [3.63, 3.8) is 0 Å². The van der Waals surface area contributed by atoms with Gasteiger partial charge in [0.25, 0.3) is 11.8 Å². The van der Waals surface area contributed by atoms with Crippen LogP contribution in [0, 0.1) is 19.8 Å². The number of likely N-dealkylation sites (tertiary alicyclic amines) is 2. The van der Waals surface area contributed by atoms with E-state index in [1.165, 1.54) is 0 Å². The topological polar surface area (TPSA) is 69.7 Å². The monoisotopic (exact) mass is 461 g/mol. The molecule has 0 radical (unpaired) electrons. The Labute approximate surface area is 202 Å². The maximum atomic E-state index is 13.5. The van der Waals surface area contributed by atoms with Gasteiger partial charge in [-0.25, -0.2) is 0 Å². The normalized spacial score (nSPS) is 17.8. The lowest BCUT2D eigenvalue weighted by atomic mass is 9.87. The van der Waals surface area contributed by atoms with Crippen molar-refractivity contribution in [2.45, 2.75) is 52.0 Å². The Hall–Kier alpha value is -3.15. The molecule has 2 aromatic rings. The van der Waals surface area contributed by atoms with Crippen LogP contribution < -0.4 is 5.32 Å². The smallest absolute Gasteiger partial charge is 0.254 e. The summed E-state index contributed by atoms with van der Waals surface area (Å²) in [7, 11) is 0. The second-order valence-electron chi connectivity index (χ2n) is 9.65. The molecule has 2 aromatic carbocycles. The third-order valence-corrected chi connectivity index (χ3v) is 7.21. The Bertz CT molecular complexity index is 1020. The third-order valence-electron chi connectivity index (χ3n) is 7.21. The van der Waals surface area contributed by atoms with Crippen LogP contribution in [0.25, 0.3) is 0 Å². The van der Waals surface area contributed by atoms with E-state index in [2.05, 4.69) is 5.32 Å². The fraction of sp³-hybridized carbons (Fsp3) is 0.464. The van der Waals surface area contributed by atoms with Crippen LogP contribution in [0.4, 0.5) is 0 Å². The van der Waals surface area contributed by atoms with Gasteiger partial charge in [-0.3, -0.25) is 14.4 Å². The Morgan fingerprint density at radius 3 is 2.12 bits per heavy atom. The Morgan fingerprint density at radius 1 is 0.824 bits per heavy atom. The molecule has 3 amide bonds. The number of amides is 3. The van der Waals surface area contributed by atoms with Crippen LogP contribution >= 0.6 is 0 Å². The number of carbonyl (C=O) groups is 3. The van der Waals surface area contributed by atoms with Crippen LogP contribution in [-0.2, 0) is 4.79 Å². The van der Waals surface area contributed by atoms with Gasteiger partial charge < -0.3 is 15.1 Å². The highest BCUT2D eigenvalue weighted by Crippen LogP contribution is 2.25. The van der Waals surface area contributed by atoms with Crippen molar-refractivity contribution in [3.05, 3.63) is 70.8 Å². The first kappa shape index (κ1) is 24.0. The molecule has 180 valence electrons. The standard InChI is InChI=1S/C28H35N3O3/c1-20-10-12-23(13-11-20)26(32)29-25(28(34)30-16-6-3-7-17-30)22-14-18-31(19-15-22)27(33)24-9-5-4-8-21(24)2/h4-5,8-13,22,25H,3,6-7,14-19H2,1-2H3,(H,29,32)/t25-/m1/s1. The van der Waals surface area contributed by atoms with E-state index in [-0.39, 0.29) is 23.6 Å². The second kappa shape index (κ2) is 10.9. The maximum Gasteiger partial charge on any atom is 0.254 e. The third kappa shape index (κ3) is 5.49. The molecule has 1 atom stereocenters. The summed E-state index contributed by atoms with van der Waals surface area (Å²) in [6.07, 6.45) is 4.54. The van der Waals surface area contributed by atoms with Crippen LogP contribution in [0.3, 0.4) is 0 Å². The van der Waals surface area contributed by atoms with E-state index in [1.807, 2.05) is 60.0 Å². The molecule has 0 unspecified atom stereocenters. The average molecular weight is 462 g/mol. The first-order chi connectivity index (χ1) is 16.4. The molecule has 0 aliphatic carbocycles. The predicted octanol–water partition coefficient (Wildman–Crippen LogP) is 3.97. The number of carbonyl (C=O) groups excluding carboxylic acids is 3. The summed E-state index contributed by atoms with van der Waals surface area (Å²) >= 11 is 0. The van der Waals surface area contributed by atoms with Gasteiger partial charge in [0.15, 0.2) is 0 Å². The first-order valence-corrected chi connectivity index (χ1v) is 12.5. The molecule has 6 nitrogen and oxygen atoms in total. The molecule has 2 fully saturated rings. The molecule has 0 aromatic heterocycles. The summed E-state index contributed by atoms with van der Waals surface area (Å²) in [5, 5.41) is 3.07. The Kier molecular flexibility index (Phi) is 7.66. The van der Waals surface area contributed by atoms with Crippen molar-refractivity contribution in [1.82, 2.24) is 15.1 Å². The van der Waals surface area contributed by atoms with Gasteiger partial charge >= 0.3 is 0 Å². The maximum absolute atomic E-state index is 13.5. The van der Waals surface area contributed by atoms with Gasteiger partial charge in [0.2, 0.25) is 5.91 Å². The first-order valence-electron chi connectivity index (χ1n) is 12.5. The molecule has 0 saturated carbocycles. The number of aryl methyl sites for hydroxylation is 2. The highest BCUT2D eigenvalue weighted by molar-refractivity contribution is 5.98. The van der Waals surface area contributed by atoms with Crippen LogP contribution in [0.15, 0.2) is 48.5 Å². The van der Waals surface area contributed by atoms with Crippen molar-refractivity contribution >= 4 is 17.7 Å². The zero-order valence-electron chi connectivity index (χ0n) is 20.3. The molecular formula is C28H35N3O3. The molecule has 2 saturated heterocycles. The van der Waals surface area contributed by atoms with E-state index in [4.69, 9.17) is 0 Å². The van der Waals surface area contributed by atoms with E-state index < -0.39 is 6.04 Å². The fourth-order valence-electron chi connectivity index (χ4n) is 5.04. The molecule has 6 heteroatoms. The molecule has 34 heavy (non-hydrogen) atoms. The van der Waals surface area contributed by atoms with Gasteiger partial charge in [-0.15, -0.1) is 0 Å². The molecule has 0 bridgehead atoms. The SMILES string of the molecule is Cc1ccc(C(=O)N[C@@H](C(=O)N2CCCCC2)C2CCN(C(=O)c3ccccc3C)CC2)cc1. The summed E-state index contributed by atoms with van der Waals surface area (Å²) in [5.74, 6) is -0.151. The molecule has 1 N–H and O–H groups in total. The van der Waals surface area contributed by atoms with Crippen molar-refractivity contribution in [2.24, 2.45) is 5.92 Å². The Balaban J connectivity index is 1.47. The van der Waals surface area contributed by atoms with Gasteiger partial charge in [0.05, 0.1) is 0 Å². The summed E-state index contributed by atoms with van der Waals surface area (Å²) in [4.78, 5) is 43.4. The van der Waals surface area contributed by atoms with Crippen molar-refractivity contribution in [3.8, 4) is 0 Å². The van der Waals surface area contributed by atoms with E-state index in [0.717, 1.165) is 49.0 Å². The number of nitrogens with one attached hydrogen (secondary N) is 1. The molecule has 2 aliphatic heterocycles. The minimum Gasteiger partial charge on any atom is -0.341 e. The van der Waals surface area contributed by atoms with E-state index in [1.54, 1.807) is 12.1 Å². The van der Waals surface area contributed by atoms with Crippen LogP contribution in [0.2, 0.25) is 0 Å². The highest BCUT2D eigenvalue weighted by atomic mass is 16.2. The minimum atomic E-state index is -0.567. The van der Waals surface area contributed by atoms with E-state index >= 15 is 0 Å². The number of hydrogen-bond donors (Lipinski definition) is 1. The number of piperidine rings is 2.